The molecule has 13 nitrogen and oxygen atoms in total. The number of piperidine rings is 2. The van der Waals surface area contributed by atoms with Crippen LogP contribution in [0.3, 0.4) is 0 Å². The summed E-state index contributed by atoms with van der Waals surface area (Å²) in [7, 11) is -1.37. The Morgan fingerprint density at radius 3 is 1.94 bits per heavy atom. The first kappa shape index (κ1) is 48.1. The summed E-state index contributed by atoms with van der Waals surface area (Å²) in [5.41, 5.74) is 3.66. The normalized spacial score (nSPS) is 14.9. The maximum atomic E-state index is 12.9. The van der Waals surface area contributed by atoms with Gasteiger partial charge in [-0.2, -0.15) is 0 Å². The third-order valence-electron chi connectivity index (χ3n) is 10.8. The number of ether oxygens (including phenoxy) is 1. The van der Waals surface area contributed by atoms with Crippen LogP contribution in [0.4, 0.5) is 11.6 Å². The van der Waals surface area contributed by atoms with E-state index in [2.05, 4.69) is 105 Å². The lowest BCUT2D eigenvalue weighted by Gasteiger charge is -2.32. The average Bonchev–Trinajstić information content (AvgIpc) is 3.31. The number of halogens is 2. The maximum Gasteiger partial charge on any atom is 0.488 e. The van der Waals surface area contributed by atoms with E-state index in [0.717, 1.165) is 85.3 Å². The van der Waals surface area contributed by atoms with Gasteiger partial charge in [0, 0.05) is 90.8 Å². The van der Waals surface area contributed by atoms with Gasteiger partial charge in [0.2, 0.25) is 0 Å². The molecule has 0 amide bonds. The molecule has 334 valence electrons. The van der Waals surface area contributed by atoms with Crippen LogP contribution in [0.2, 0.25) is 0 Å². The van der Waals surface area contributed by atoms with Crippen molar-refractivity contribution in [1.29, 1.82) is 0 Å². The Morgan fingerprint density at radius 1 is 0.766 bits per heavy atom. The molecule has 2 aliphatic heterocycles. The molecule has 0 atom stereocenters. The third kappa shape index (κ3) is 15.7. The summed E-state index contributed by atoms with van der Waals surface area (Å²) in [6.45, 7) is 8.79. The summed E-state index contributed by atoms with van der Waals surface area (Å²) in [5.74, 6) is 1.75. The van der Waals surface area contributed by atoms with Gasteiger partial charge in [-0.05, 0) is 92.2 Å². The molecule has 8 rings (SSSR count). The van der Waals surface area contributed by atoms with Gasteiger partial charge >= 0.3 is 7.12 Å². The molecule has 0 radical (unpaired) electrons. The minimum absolute atomic E-state index is 0.117. The highest BCUT2D eigenvalue weighted by molar-refractivity contribution is 9.10. The molecule has 0 spiro atoms. The minimum Gasteiger partial charge on any atom is -0.492 e. The molecule has 4 aromatic carbocycles. The third-order valence-corrected chi connectivity index (χ3v) is 11.8. The second kappa shape index (κ2) is 25.2. The van der Waals surface area contributed by atoms with Crippen LogP contribution in [0.15, 0.2) is 158 Å². The summed E-state index contributed by atoms with van der Waals surface area (Å²) < 4.78 is 9.28. The van der Waals surface area contributed by atoms with Crippen LogP contribution in [0.5, 0.6) is 5.75 Å². The van der Waals surface area contributed by atoms with E-state index in [9.17, 15) is 9.59 Å². The number of anilines is 2. The molecule has 4 heterocycles. The second-order valence-corrected chi connectivity index (χ2v) is 17.5. The first-order valence-electron chi connectivity index (χ1n) is 21.5. The van der Waals surface area contributed by atoms with E-state index in [-0.39, 0.29) is 17.2 Å². The highest BCUT2D eigenvalue weighted by atomic mass is 79.9. The second-order valence-electron chi connectivity index (χ2n) is 15.6. The molecule has 6 aromatic rings. The molecule has 0 saturated carbocycles. The van der Waals surface area contributed by atoms with E-state index >= 15 is 0 Å². The molecule has 5 N–H and O–H groups in total. The fourth-order valence-corrected chi connectivity index (χ4v) is 7.90. The van der Waals surface area contributed by atoms with Crippen LogP contribution in [0.1, 0.15) is 38.2 Å². The van der Waals surface area contributed by atoms with Crippen LogP contribution in [-0.2, 0) is 0 Å². The molecule has 16 heteroatoms. The lowest BCUT2D eigenvalue weighted by molar-refractivity contribution is 0.177. The van der Waals surface area contributed by atoms with Gasteiger partial charge in [0.15, 0.2) is 11.6 Å². The number of nitrogens with one attached hydrogen (secondary N) is 3. The van der Waals surface area contributed by atoms with E-state index in [1.54, 1.807) is 53.6 Å². The van der Waals surface area contributed by atoms with Crippen molar-refractivity contribution in [3.8, 4) is 11.4 Å². The Hall–Kier alpha value is -5.36. The minimum atomic E-state index is -1.37. The highest BCUT2D eigenvalue weighted by Crippen LogP contribution is 2.18. The topological polar surface area (TPSA) is 161 Å². The summed E-state index contributed by atoms with van der Waals surface area (Å²) in [4.78, 5) is 40.5. The zero-order chi connectivity index (χ0) is 45.1. The fraction of sp³-hybridized carbons (Fsp3) is 0.292. The van der Waals surface area contributed by atoms with Gasteiger partial charge in [0.25, 0.3) is 11.1 Å². The Morgan fingerprint density at radius 2 is 1.33 bits per heavy atom. The summed E-state index contributed by atoms with van der Waals surface area (Å²) in [5, 5.41) is 23.9. The molecular formula is C48H55BBr2N8O5. The van der Waals surface area contributed by atoms with Crippen molar-refractivity contribution in [2.24, 2.45) is 0 Å². The van der Waals surface area contributed by atoms with E-state index in [0.29, 0.717) is 29.7 Å². The van der Waals surface area contributed by atoms with Crippen molar-refractivity contribution in [3.63, 3.8) is 0 Å². The van der Waals surface area contributed by atoms with Gasteiger partial charge in [-0.1, -0.05) is 104 Å². The standard InChI is InChI=1S/C25H27BrN4O.C17H22N4O2.C6H6BBrO2/c1-19(17-20-5-3-2-4-6-20)18-29-14-11-22(12-15-29)28-24-25(31)30(16-13-27-24)23-9-7-21(26)8-10-23;22-17-16(18-8-9-19-17)20-14-6-10-21(11-7-14)12-13-23-15-4-2-1-3-5-15;8-6-3-1-5(2-4-6)7(9)10/h2-10,13,16-17,22H,11-12,14-15,18H2,1H3,(H,27,28);1-5,8-9,14H,6-7,10-13H2,(H,18,20)(H,19,22);1-4,9-10H/b19-17+;;. The van der Waals surface area contributed by atoms with Crippen molar-refractivity contribution in [2.75, 3.05) is 56.5 Å². The van der Waals surface area contributed by atoms with Crippen LogP contribution in [0, 0.1) is 0 Å². The quantitative estimate of drug-likeness (QED) is 0.0773. The highest BCUT2D eigenvalue weighted by Gasteiger charge is 2.22. The first-order chi connectivity index (χ1) is 31.1. The maximum absolute atomic E-state index is 12.9. The van der Waals surface area contributed by atoms with E-state index in [1.165, 1.54) is 11.1 Å². The lowest BCUT2D eigenvalue weighted by Crippen LogP contribution is -2.41. The van der Waals surface area contributed by atoms with E-state index < -0.39 is 7.12 Å². The number of hydrogen-bond acceptors (Lipinski definition) is 11. The fourth-order valence-electron chi connectivity index (χ4n) is 7.37. The van der Waals surface area contributed by atoms with Crippen molar-refractivity contribution in [1.82, 2.24) is 29.3 Å². The van der Waals surface area contributed by atoms with Crippen molar-refractivity contribution < 1.29 is 14.8 Å². The van der Waals surface area contributed by atoms with Gasteiger partial charge in [0.1, 0.15) is 12.4 Å². The summed E-state index contributed by atoms with van der Waals surface area (Å²) >= 11 is 6.66. The number of aromatic amines is 1. The van der Waals surface area contributed by atoms with Gasteiger partial charge in [-0.25, -0.2) is 9.97 Å². The number of nitrogens with zero attached hydrogens (tertiary/aromatic N) is 5. The Labute approximate surface area is 391 Å². The first-order valence-corrected chi connectivity index (χ1v) is 23.0. The largest absolute Gasteiger partial charge is 0.492 e. The Balaban J connectivity index is 0.000000180. The molecule has 0 unspecified atom stereocenters. The number of likely N-dealkylation sites (tertiary alicyclic amines) is 2. The van der Waals surface area contributed by atoms with Gasteiger partial charge in [-0.3, -0.25) is 24.0 Å². The van der Waals surface area contributed by atoms with Gasteiger partial charge < -0.3 is 30.4 Å². The number of benzene rings is 4. The van der Waals surface area contributed by atoms with Crippen molar-refractivity contribution >= 4 is 62.2 Å². The molecule has 2 fully saturated rings. The van der Waals surface area contributed by atoms with Crippen LogP contribution < -0.4 is 32.0 Å². The van der Waals surface area contributed by atoms with Crippen LogP contribution in [0.25, 0.3) is 11.8 Å². The van der Waals surface area contributed by atoms with E-state index in [1.807, 2.05) is 60.7 Å². The molecule has 64 heavy (non-hydrogen) atoms. The summed E-state index contributed by atoms with van der Waals surface area (Å²) in [6, 6.07) is 35.4. The Kier molecular flexibility index (Phi) is 19.0. The predicted molar refractivity (Wildman–Crippen MR) is 265 cm³/mol. The molecule has 2 saturated heterocycles. The number of rotatable bonds is 13. The van der Waals surface area contributed by atoms with Crippen molar-refractivity contribution in [3.05, 3.63) is 175 Å². The average molecular weight is 995 g/mol. The number of aromatic nitrogens is 4. The molecule has 2 aliphatic rings. The zero-order valence-electron chi connectivity index (χ0n) is 35.9. The predicted octanol–water partition coefficient (Wildman–Crippen LogP) is 6.83. The van der Waals surface area contributed by atoms with Crippen molar-refractivity contribution in [2.45, 2.75) is 44.7 Å². The van der Waals surface area contributed by atoms with Crippen LogP contribution >= 0.6 is 31.9 Å². The van der Waals surface area contributed by atoms with E-state index in [4.69, 9.17) is 14.8 Å². The summed E-state index contributed by atoms with van der Waals surface area (Å²) in [6.07, 6.45) is 12.8. The molecule has 2 aromatic heterocycles. The number of hydrogen-bond donors (Lipinski definition) is 5. The monoisotopic (exact) mass is 992 g/mol. The molecular weight excluding hydrogens is 939 g/mol. The number of H-pyrrole nitrogens is 1. The lowest BCUT2D eigenvalue weighted by atomic mass is 9.81. The zero-order valence-corrected chi connectivity index (χ0v) is 39.1. The Bertz CT molecular complexity index is 2440. The van der Waals surface area contributed by atoms with Crippen LogP contribution in [-0.4, -0.2) is 104 Å². The number of para-hydroxylation sites is 1. The molecule has 0 bridgehead atoms. The smallest absolute Gasteiger partial charge is 0.488 e. The SMILES string of the molecule is C/C(=C\c1ccccc1)CN1CCC(Nc2nccn(-c3ccc(Br)cc3)c2=O)CC1.O=c1[nH]ccnc1NC1CCN(CCOc2ccccc2)CC1.OB(O)c1ccc(Br)cc1. The van der Waals surface area contributed by atoms with Gasteiger partial charge in [-0.15, -0.1) is 0 Å². The molecule has 0 aliphatic carbocycles. The van der Waals surface area contributed by atoms with Gasteiger partial charge in [0.05, 0.1) is 0 Å².